The molecule has 104 valence electrons. The van der Waals surface area contributed by atoms with Crippen LogP contribution in [0.1, 0.15) is 72.6 Å². The first-order valence-electron chi connectivity index (χ1n) is 8.15. The predicted octanol–water partition coefficient (Wildman–Crippen LogP) is 4.37. The van der Waals surface area contributed by atoms with Crippen LogP contribution in [0, 0.1) is 22.2 Å². The number of nitrogens with one attached hydrogen (secondary N) is 1. The van der Waals surface area contributed by atoms with E-state index < -0.39 is 0 Å². The molecule has 0 heterocycles. The molecule has 1 nitrogen and oxygen atoms in total. The summed E-state index contributed by atoms with van der Waals surface area (Å²) in [7, 11) is 0. The van der Waals surface area contributed by atoms with Crippen LogP contribution in [0.15, 0.2) is 0 Å². The summed E-state index contributed by atoms with van der Waals surface area (Å²) >= 11 is 0. The fraction of sp³-hybridized carbons (Fsp3) is 1.00. The van der Waals surface area contributed by atoms with Crippen LogP contribution in [0.5, 0.6) is 0 Å². The first-order valence-corrected chi connectivity index (χ1v) is 8.15. The summed E-state index contributed by atoms with van der Waals surface area (Å²) in [5.74, 6) is 0.971. The van der Waals surface area contributed by atoms with E-state index in [1.165, 1.54) is 51.5 Å². The first kappa shape index (κ1) is 13.0. The van der Waals surface area contributed by atoms with Crippen LogP contribution in [0.3, 0.4) is 0 Å². The average Bonchev–Trinajstić information content (AvgIpc) is 2.72. The van der Waals surface area contributed by atoms with Gasteiger partial charge < -0.3 is 5.32 Å². The fourth-order valence-electron chi connectivity index (χ4n) is 5.46. The Balaban J connectivity index is 1.69. The standard InChI is InChI=1S/C17H31N/c1-5-17(8-6-9-17)12-18-14-15(2,3)13-7-10-16(14,4)11-13/h13-14,18H,5-12H2,1-4H3/t13-,14?,16+/m0/s1. The lowest BCUT2D eigenvalue weighted by Crippen LogP contribution is -2.54. The van der Waals surface area contributed by atoms with Crippen molar-refractivity contribution in [2.75, 3.05) is 6.54 Å². The third kappa shape index (κ3) is 1.69. The second-order valence-electron chi connectivity index (χ2n) is 8.44. The SMILES string of the molecule is CCC1(CNC2C(C)(C)[C@H]3CC[C@]2(C)C3)CCC1. The second kappa shape index (κ2) is 3.98. The Hall–Kier alpha value is -0.0400. The second-order valence-corrected chi connectivity index (χ2v) is 8.44. The number of fused-ring (bicyclic) bond motifs is 2. The third-order valence-corrected chi connectivity index (χ3v) is 7.12. The minimum Gasteiger partial charge on any atom is -0.312 e. The van der Waals surface area contributed by atoms with E-state index in [0.29, 0.717) is 16.2 Å². The lowest BCUT2D eigenvalue weighted by atomic mass is 9.65. The molecule has 0 amide bonds. The molecule has 1 N–H and O–H groups in total. The summed E-state index contributed by atoms with van der Waals surface area (Å²) in [6.45, 7) is 11.2. The van der Waals surface area contributed by atoms with Gasteiger partial charge >= 0.3 is 0 Å². The molecule has 0 aliphatic heterocycles. The van der Waals surface area contributed by atoms with Crippen LogP contribution in [0.25, 0.3) is 0 Å². The van der Waals surface area contributed by atoms with Crippen molar-refractivity contribution in [3.63, 3.8) is 0 Å². The number of hydrogen-bond acceptors (Lipinski definition) is 1. The lowest BCUT2D eigenvalue weighted by molar-refractivity contribution is 0.0654. The highest BCUT2D eigenvalue weighted by molar-refractivity contribution is 5.12. The molecule has 0 radical (unpaired) electrons. The highest BCUT2D eigenvalue weighted by Gasteiger charge is 2.59. The van der Waals surface area contributed by atoms with E-state index in [9.17, 15) is 0 Å². The molecule has 3 saturated carbocycles. The summed E-state index contributed by atoms with van der Waals surface area (Å²) in [5, 5.41) is 4.04. The minimum atomic E-state index is 0.520. The Labute approximate surface area is 113 Å². The molecule has 3 aliphatic rings. The number of hydrogen-bond donors (Lipinski definition) is 1. The van der Waals surface area contributed by atoms with Crippen LogP contribution < -0.4 is 5.32 Å². The van der Waals surface area contributed by atoms with E-state index >= 15 is 0 Å². The van der Waals surface area contributed by atoms with Crippen molar-refractivity contribution in [1.29, 1.82) is 0 Å². The monoisotopic (exact) mass is 249 g/mol. The van der Waals surface area contributed by atoms with Gasteiger partial charge in [0.05, 0.1) is 0 Å². The van der Waals surface area contributed by atoms with Crippen LogP contribution in [-0.2, 0) is 0 Å². The van der Waals surface area contributed by atoms with E-state index in [1.54, 1.807) is 0 Å². The normalized spacial score (nSPS) is 44.0. The van der Waals surface area contributed by atoms with E-state index in [2.05, 4.69) is 33.0 Å². The molecule has 1 heteroatoms. The van der Waals surface area contributed by atoms with Crippen LogP contribution in [0.4, 0.5) is 0 Å². The first-order chi connectivity index (χ1) is 8.42. The van der Waals surface area contributed by atoms with Crippen molar-refractivity contribution in [3.8, 4) is 0 Å². The summed E-state index contributed by atoms with van der Waals surface area (Å²) in [6.07, 6.45) is 10.2. The zero-order chi connectivity index (χ0) is 13.0. The van der Waals surface area contributed by atoms with Crippen molar-refractivity contribution >= 4 is 0 Å². The quantitative estimate of drug-likeness (QED) is 0.780. The van der Waals surface area contributed by atoms with Gasteiger partial charge in [-0.15, -0.1) is 0 Å². The fourth-order valence-corrected chi connectivity index (χ4v) is 5.46. The predicted molar refractivity (Wildman–Crippen MR) is 77.6 cm³/mol. The summed E-state index contributed by atoms with van der Waals surface area (Å²) < 4.78 is 0. The molecule has 3 aliphatic carbocycles. The van der Waals surface area contributed by atoms with Gasteiger partial charge in [-0.3, -0.25) is 0 Å². The maximum absolute atomic E-state index is 4.04. The number of rotatable bonds is 4. The molecule has 0 aromatic heterocycles. The molecule has 0 spiro atoms. The van der Waals surface area contributed by atoms with Crippen LogP contribution >= 0.6 is 0 Å². The van der Waals surface area contributed by atoms with Crippen molar-refractivity contribution < 1.29 is 0 Å². The Kier molecular flexibility index (Phi) is 2.86. The van der Waals surface area contributed by atoms with Gasteiger partial charge in [-0.25, -0.2) is 0 Å². The van der Waals surface area contributed by atoms with Gasteiger partial charge in [-0.2, -0.15) is 0 Å². The topological polar surface area (TPSA) is 12.0 Å². The largest absolute Gasteiger partial charge is 0.312 e. The summed E-state index contributed by atoms with van der Waals surface area (Å²) in [5.41, 5.74) is 1.77. The van der Waals surface area contributed by atoms with Crippen LogP contribution in [0.2, 0.25) is 0 Å². The van der Waals surface area contributed by atoms with Gasteiger partial charge in [0.15, 0.2) is 0 Å². The molecular weight excluding hydrogens is 218 g/mol. The molecule has 3 fully saturated rings. The maximum Gasteiger partial charge on any atom is 0.0175 e. The molecule has 0 aromatic rings. The van der Waals surface area contributed by atoms with Gasteiger partial charge in [-0.05, 0) is 60.7 Å². The van der Waals surface area contributed by atoms with E-state index in [-0.39, 0.29) is 0 Å². The molecule has 1 unspecified atom stereocenters. The van der Waals surface area contributed by atoms with Gasteiger partial charge in [0.2, 0.25) is 0 Å². The van der Waals surface area contributed by atoms with E-state index in [4.69, 9.17) is 0 Å². The van der Waals surface area contributed by atoms with Gasteiger partial charge in [0, 0.05) is 12.6 Å². The van der Waals surface area contributed by atoms with Crippen molar-refractivity contribution in [2.45, 2.75) is 78.7 Å². The third-order valence-electron chi connectivity index (χ3n) is 7.12. The highest BCUT2D eigenvalue weighted by atomic mass is 15.0. The lowest BCUT2D eigenvalue weighted by Gasteiger charge is -2.48. The molecule has 0 saturated heterocycles. The highest BCUT2D eigenvalue weighted by Crippen LogP contribution is 2.62. The zero-order valence-electron chi connectivity index (χ0n) is 12.8. The maximum atomic E-state index is 4.04. The average molecular weight is 249 g/mol. The molecule has 2 bridgehead atoms. The molecule has 3 atom stereocenters. The van der Waals surface area contributed by atoms with E-state index in [0.717, 1.165) is 12.0 Å². The molecule has 0 aromatic carbocycles. The molecule has 3 rings (SSSR count). The smallest absolute Gasteiger partial charge is 0.0175 e. The molecule has 18 heavy (non-hydrogen) atoms. The van der Waals surface area contributed by atoms with Crippen LogP contribution in [-0.4, -0.2) is 12.6 Å². The van der Waals surface area contributed by atoms with Gasteiger partial charge in [0.25, 0.3) is 0 Å². The van der Waals surface area contributed by atoms with Gasteiger partial charge in [-0.1, -0.05) is 34.1 Å². The Morgan fingerprint density at radius 3 is 2.28 bits per heavy atom. The van der Waals surface area contributed by atoms with E-state index in [1.807, 2.05) is 0 Å². The summed E-state index contributed by atoms with van der Waals surface area (Å²) in [4.78, 5) is 0. The Morgan fingerprint density at radius 2 is 1.83 bits per heavy atom. The van der Waals surface area contributed by atoms with Crippen molar-refractivity contribution in [2.24, 2.45) is 22.2 Å². The zero-order valence-corrected chi connectivity index (χ0v) is 12.8. The molecular formula is C17H31N. The Morgan fingerprint density at radius 1 is 1.11 bits per heavy atom. The minimum absolute atomic E-state index is 0.520. The Bertz CT molecular complexity index is 318. The van der Waals surface area contributed by atoms with Crippen molar-refractivity contribution in [3.05, 3.63) is 0 Å². The summed E-state index contributed by atoms with van der Waals surface area (Å²) in [6, 6.07) is 0.757. The van der Waals surface area contributed by atoms with Crippen molar-refractivity contribution in [1.82, 2.24) is 5.32 Å². The van der Waals surface area contributed by atoms with Gasteiger partial charge in [0.1, 0.15) is 0 Å².